The first-order chi connectivity index (χ1) is 11.0. The van der Waals surface area contributed by atoms with Crippen LogP contribution in [0.3, 0.4) is 0 Å². The molecule has 1 aromatic rings. The Morgan fingerprint density at radius 2 is 2.22 bits per heavy atom. The first-order valence-corrected chi connectivity index (χ1v) is 8.64. The van der Waals surface area contributed by atoms with Crippen LogP contribution in [0.1, 0.15) is 55.2 Å². The summed E-state index contributed by atoms with van der Waals surface area (Å²) in [4.78, 5) is 10.8. The van der Waals surface area contributed by atoms with Crippen molar-refractivity contribution in [2.75, 3.05) is 13.2 Å². The van der Waals surface area contributed by atoms with E-state index in [2.05, 4.69) is 25.1 Å². The van der Waals surface area contributed by atoms with Crippen LogP contribution >= 0.6 is 0 Å². The first kappa shape index (κ1) is 16.3. The maximum atomic E-state index is 10.8. The van der Waals surface area contributed by atoms with E-state index in [-0.39, 0.29) is 5.41 Å². The first-order valence-electron chi connectivity index (χ1n) is 8.64. The Labute approximate surface area is 138 Å². The lowest BCUT2D eigenvalue weighted by molar-refractivity contribution is 0.0999. The van der Waals surface area contributed by atoms with Crippen LogP contribution in [0.25, 0.3) is 0 Å². The summed E-state index contributed by atoms with van der Waals surface area (Å²) in [6, 6.07) is 6.88. The van der Waals surface area contributed by atoms with Gasteiger partial charge in [0.2, 0.25) is 0 Å². The van der Waals surface area contributed by atoms with Crippen molar-refractivity contribution in [3.8, 4) is 0 Å². The molecule has 4 nitrogen and oxygen atoms in total. The van der Waals surface area contributed by atoms with Crippen LogP contribution in [0.2, 0.25) is 0 Å². The molecule has 0 aliphatic heterocycles. The van der Waals surface area contributed by atoms with Crippen LogP contribution in [-0.4, -0.2) is 24.4 Å². The molecule has 0 saturated heterocycles. The number of carbonyl (C=O) groups is 1. The average Bonchev–Trinajstić information content (AvgIpc) is 2.95. The Balaban J connectivity index is 1.68. The van der Waals surface area contributed by atoms with E-state index < -0.39 is 6.09 Å². The highest BCUT2D eigenvalue weighted by atomic mass is 16.5. The van der Waals surface area contributed by atoms with Gasteiger partial charge in [-0.1, -0.05) is 25.1 Å². The standard InChI is InChI=1S/C19H27NO3/c1-19(12-23-18(20)22)7-6-17(10-19)16-5-4-14-8-13(11-21)2-3-15(14)9-16/h4-5,9,13,17,21H,2-3,6-8,10-12H2,1H3,(H2,20,22)/t13-,17+,19+/m1/s1. The van der Waals surface area contributed by atoms with E-state index >= 15 is 0 Å². The van der Waals surface area contributed by atoms with Crippen LogP contribution < -0.4 is 5.73 Å². The fraction of sp³-hybridized carbons (Fsp3) is 0.632. The number of aliphatic hydroxyl groups excluding tert-OH is 1. The Hall–Kier alpha value is -1.55. The molecular weight excluding hydrogens is 290 g/mol. The average molecular weight is 317 g/mol. The molecular formula is C19H27NO3. The Morgan fingerprint density at radius 3 is 2.96 bits per heavy atom. The molecule has 4 heteroatoms. The molecule has 1 amide bonds. The highest BCUT2D eigenvalue weighted by Gasteiger charge is 2.37. The number of carbonyl (C=O) groups excluding carboxylic acids is 1. The summed E-state index contributed by atoms with van der Waals surface area (Å²) in [6.07, 6.45) is 5.72. The number of hydrogen-bond donors (Lipinski definition) is 2. The van der Waals surface area contributed by atoms with Gasteiger partial charge in [0, 0.05) is 12.0 Å². The molecule has 2 aliphatic carbocycles. The number of fused-ring (bicyclic) bond motifs is 1. The zero-order chi connectivity index (χ0) is 16.4. The van der Waals surface area contributed by atoms with E-state index in [4.69, 9.17) is 10.5 Å². The lowest BCUT2D eigenvalue weighted by Crippen LogP contribution is -2.25. The number of amides is 1. The van der Waals surface area contributed by atoms with E-state index in [0.29, 0.717) is 25.0 Å². The Kier molecular flexibility index (Phi) is 4.62. The molecule has 23 heavy (non-hydrogen) atoms. The van der Waals surface area contributed by atoms with E-state index in [9.17, 15) is 9.90 Å². The maximum absolute atomic E-state index is 10.8. The lowest BCUT2D eigenvalue weighted by atomic mass is 9.81. The molecule has 0 unspecified atom stereocenters. The summed E-state index contributed by atoms with van der Waals surface area (Å²) < 4.78 is 5.04. The van der Waals surface area contributed by atoms with Gasteiger partial charge in [0.1, 0.15) is 0 Å². The van der Waals surface area contributed by atoms with Gasteiger partial charge in [0.05, 0.1) is 6.61 Å². The molecule has 3 N–H and O–H groups in total. The van der Waals surface area contributed by atoms with Gasteiger partial charge in [-0.15, -0.1) is 0 Å². The quantitative estimate of drug-likeness (QED) is 0.896. The van der Waals surface area contributed by atoms with E-state index in [0.717, 1.165) is 38.5 Å². The number of hydrogen-bond acceptors (Lipinski definition) is 3. The molecule has 1 aromatic carbocycles. The highest BCUT2D eigenvalue weighted by Crippen LogP contribution is 2.47. The second-order valence-electron chi connectivity index (χ2n) is 7.68. The predicted octanol–water partition coefficient (Wildman–Crippen LogP) is 3.15. The van der Waals surface area contributed by atoms with Crippen molar-refractivity contribution in [3.63, 3.8) is 0 Å². The third kappa shape index (κ3) is 3.69. The minimum absolute atomic E-state index is 0.0393. The second kappa shape index (κ2) is 6.52. The van der Waals surface area contributed by atoms with Crippen LogP contribution in [0.15, 0.2) is 18.2 Å². The number of nitrogens with two attached hydrogens (primary N) is 1. The third-order valence-corrected chi connectivity index (χ3v) is 5.69. The zero-order valence-electron chi connectivity index (χ0n) is 13.9. The molecule has 3 rings (SSSR count). The van der Waals surface area contributed by atoms with Gasteiger partial charge in [-0.25, -0.2) is 4.79 Å². The van der Waals surface area contributed by atoms with Crippen molar-refractivity contribution in [1.29, 1.82) is 0 Å². The number of benzene rings is 1. The van der Waals surface area contributed by atoms with Gasteiger partial charge >= 0.3 is 6.09 Å². The van der Waals surface area contributed by atoms with E-state index in [1.807, 2.05) is 0 Å². The smallest absolute Gasteiger partial charge is 0.404 e. The summed E-state index contributed by atoms with van der Waals surface area (Å²) in [6.45, 7) is 2.89. The largest absolute Gasteiger partial charge is 0.449 e. The maximum Gasteiger partial charge on any atom is 0.404 e. The zero-order valence-corrected chi connectivity index (χ0v) is 13.9. The molecule has 0 radical (unpaired) electrons. The molecule has 2 aliphatic rings. The fourth-order valence-corrected chi connectivity index (χ4v) is 4.24. The normalized spacial score (nSPS) is 30.0. The molecule has 1 fully saturated rings. The highest BCUT2D eigenvalue weighted by molar-refractivity contribution is 5.64. The Morgan fingerprint density at radius 1 is 1.39 bits per heavy atom. The van der Waals surface area contributed by atoms with Gasteiger partial charge < -0.3 is 15.6 Å². The van der Waals surface area contributed by atoms with E-state index in [1.165, 1.54) is 16.7 Å². The molecule has 0 heterocycles. The van der Waals surface area contributed by atoms with Gasteiger partial charge in [-0.3, -0.25) is 0 Å². The SMILES string of the molecule is C[C@]1(COC(N)=O)CC[C@H](c2ccc3c(c2)CC[C@@H](CO)C3)C1. The van der Waals surface area contributed by atoms with Gasteiger partial charge in [0.25, 0.3) is 0 Å². The van der Waals surface area contributed by atoms with E-state index in [1.54, 1.807) is 0 Å². The van der Waals surface area contributed by atoms with Crippen molar-refractivity contribution in [2.45, 2.75) is 51.4 Å². The van der Waals surface area contributed by atoms with Gasteiger partial charge in [0.15, 0.2) is 0 Å². The number of primary amides is 1. The molecule has 0 bridgehead atoms. The minimum atomic E-state index is -0.679. The number of rotatable bonds is 4. The van der Waals surface area contributed by atoms with Crippen molar-refractivity contribution < 1.29 is 14.6 Å². The number of aryl methyl sites for hydroxylation is 1. The van der Waals surface area contributed by atoms with Crippen molar-refractivity contribution in [3.05, 3.63) is 34.9 Å². The topological polar surface area (TPSA) is 72.5 Å². The monoisotopic (exact) mass is 317 g/mol. The molecule has 126 valence electrons. The van der Waals surface area contributed by atoms with Crippen LogP contribution in [0, 0.1) is 11.3 Å². The summed E-state index contributed by atoms with van der Waals surface area (Å²) in [5.41, 5.74) is 9.40. The van der Waals surface area contributed by atoms with Crippen LogP contribution in [0.5, 0.6) is 0 Å². The summed E-state index contributed by atoms with van der Waals surface area (Å²) in [5.74, 6) is 0.964. The molecule has 0 aromatic heterocycles. The third-order valence-electron chi connectivity index (χ3n) is 5.69. The lowest BCUT2D eigenvalue weighted by Gasteiger charge is -2.25. The predicted molar refractivity (Wildman–Crippen MR) is 89.3 cm³/mol. The van der Waals surface area contributed by atoms with Crippen molar-refractivity contribution in [2.24, 2.45) is 17.1 Å². The number of ether oxygens (including phenoxy) is 1. The van der Waals surface area contributed by atoms with Crippen LogP contribution in [0.4, 0.5) is 4.79 Å². The van der Waals surface area contributed by atoms with Crippen molar-refractivity contribution in [1.82, 2.24) is 0 Å². The molecule has 3 atom stereocenters. The summed E-state index contributed by atoms with van der Waals surface area (Å²) >= 11 is 0. The van der Waals surface area contributed by atoms with Crippen molar-refractivity contribution >= 4 is 6.09 Å². The summed E-state index contributed by atoms with van der Waals surface area (Å²) in [7, 11) is 0. The second-order valence-corrected chi connectivity index (χ2v) is 7.68. The fourth-order valence-electron chi connectivity index (χ4n) is 4.24. The minimum Gasteiger partial charge on any atom is -0.449 e. The Bertz CT molecular complexity index is 586. The van der Waals surface area contributed by atoms with Crippen LogP contribution in [-0.2, 0) is 17.6 Å². The van der Waals surface area contributed by atoms with Gasteiger partial charge in [-0.2, -0.15) is 0 Å². The molecule has 1 saturated carbocycles. The molecule has 0 spiro atoms. The number of aliphatic hydroxyl groups is 1. The van der Waals surface area contributed by atoms with Gasteiger partial charge in [-0.05, 0) is 67.1 Å². The summed E-state index contributed by atoms with van der Waals surface area (Å²) in [5, 5.41) is 9.35.